The molecular formula is C13H12Cl2N2O2S2. The largest absolute Gasteiger partial charge is 0.385 e. The van der Waals surface area contributed by atoms with Crippen molar-refractivity contribution < 1.29 is 8.42 Å². The molecule has 0 spiro atoms. The number of rotatable bonds is 3. The van der Waals surface area contributed by atoms with Crippen LogP contribution in [0.5, 0.6) is 0 Å². The van der Waals surface area contributed by atoms with E-state index in [0.717, 1.165) is 36.4 Å². The highest BCUT2D eigenvalue weighted by atomic mass is 35.5. The summed E-state index contributed by atoms with van der Waals surface area (Å²) in [5.74, 6) is 0. The molecule has 21 heavy (non-hydrogen) atoms. The van der Waals surface area contributed by atoms with Crippen LogP contribution < -0.4 is 10.0 Å². The summed E-state index contributed by atoms with van der Waals surface area (Å²) >= 11 is 12.7. The molecule has 1 aliphatic heterocycles. The van der Waals surface area contributed by atoms with Gasteiger partial charge in [0.2, 0.25) is 0 Å². The lowest BCUT2D eigenvalue weighted by Gasteiger charge is -2.19. The monoisotopic (exact) mass is 362 g/mol. The number of aryl methyl sites for hydroxylation is 1. The van der Waals surface area contributed by atoms with Gasteiger partial charge in [-0.15, -0.1) is 11.3 Å². The molecule has 0 unspecified atom stereocenters. The summed E-state index contributed by atoms with van der Waals surface area (Å²) in [5.41, 5.74) is 2.67. The van der Waals surface area contributed by atoms with E-state index in [1.54, 1.807) is 12.1 Å². The topological polar surface area (TPSA) is 58.2 Å². The average molecular weight is 363 g/mol. The number of hydrogen-bond acceptors (Lipinski definition) is 4. The third-order valence-corrected chi connectivity index (χ3v) is 6.35. The smallest absolute Gasteiger partial charge is 0.264 e. The zero-order valence-electron chi connectivity index (χ0n) is 10.8. The van der Waals surface area contributed by atoms with Crippen LogP contribution in [0.1, 0.15) is 12.0 Å². The van der Waals surface area contributed by atoms with Crippen LogP contribution in [0.4, 0.5) is 11.4 Å². The van der Waals surface area contributed by atoms with Crippen LogP contribution in [0.15, 0.2) is 29.2 Å². The van der Waals surface area contributed by atoms with Crippen molar-refractivity contribution >= 4 is 55.9 Å². The fourth-order valence-electron chi connectivity index (χ4n) is 2.24. The first-order valence-electron chi connectivity index (χ1n) is 6.30. The van der Waals surface area contributed by atoms with Crippen LogP contribution in [0.2, 0.25) is 8.67 Å². The van der Waals surface area contributed by atoms with Crippen LogP contribution in [0.3, 0.4) is 0 Å². The van der Waals surface area contributed by atoms with Gasteiger partial charge >= 0.3 is 0 Å². The molecular weight excluding hydrogens is 351 g/mol. The number of hydrogen-bond donors (Lipinski definition) is 2. The van der Waals surface area contributed by atoms with Gasteiger partial charge in [-0.3, -0.25) is 4.72 Å². The molecule has 3 rings (SSSR count). The molecule has 0 aliphatic carbocycles. The first kappa shape index (κ1) is 15.0. The van der Waals surface area contributed by atoms with Crippen LogP contribution in [0.25, 0.3) is 0 Å². The van der Waals surface area contributed by atoms with Gasteiger partial charge in [-0.25, -0.2) is 8.42 Å². The highest BCUT2D eigenvalue weighted by Gasteiger charge is 2.21. The van der Waals surface area contributed by atoms with E-state index < -0.39 is 10.0 Å². The Morgan fingerprint density at radius 3 is 2.76 bits per heavy atom. The maximum atomic E-state index is 12.3. The van der Waals surface area contributed by atoms with E-state index in [9.17, 15) is 8.42 Å². The third kappa shape index (κ3) is 3.13. The summed E-state index contributed by atoms with van der Waals surface area (Å²) in [6.45, 7) is 0.898. The minimum absolute atomic E-state index is 0.00449. The van der Waals surface area contributed by atoms with Crippen molar-refractivity contribution in [3.05, 3.63) is 38.5 Å². The molecule has 4 nitrogen and oxygen atoms in total. The van der Waals surface area contributed by atoms with E-state index in [-0.39, 0.29) is 9.23 Å². The Balaban J connectivity index is 1.90. The predicted octanol–water partition coefficient (Wildman–Crippen LogP) is 4.21. The van der Waals surface area contributed by atoms with Crippen LogP contribution >= 0.6 is 34.5 Å². The first-order chi connectivity index (χ1) is 9.95. The lowest BCUT2D eigenvalue weighted by Crippen LogP contribution is -2.15. The number of halogens is 2. The second kappa shape index (κ2) is 5.68. The summed E-state index contributed by atoms with van der Waals surface area (Å²) < 4.78 is 27.7. The third-order valence-electron chi connectivity index (χ3n) is 3.22. The molecule has 0 amide bonds. The Kier molecular flexibility index (Phi) is 4.05. The van der Waals surface area contributed by atoms with E-state index in [2.05, 4.69) is 10.0 Å². The molecule has 1 aromatic carbocycles. The maximum absolute atomic E-state index is 12.3. The molecule has 0 radical (unpaired) electrons. The Labute approximate surface area is 137 Å². The van der Waals surface area contributed by atoms with Gasteiger partial charge in [-0.1, -0.05) is 29.3 Å². The summed E-state index contributed by atoms with van der Waals surface area (Å²) in [6.07, 6.45) is 2.09. The van der Waals surface area contributed by atoms with Crippen molar-refractivity contribution in [2.75, 3.05) is 16.6 Å². The van der Waals surface area contributed by atoms with E-state index in [4.69, 9.17) is 23.2 Å². The molecule has 112 valence electrons. The highest BCUT2D eigenvalue weighted by Crippen LogP contribution is 2.35. The molecule has 2 N–H and O–H groups in total. The van der Waals surface area contributed by atoms with Gasteiger partial charge < -0.3 is 5.32 Å². The number of benzene rings is 1. The highest BCUT2D eigenvalue weighted by molar-refractivity contribution is 7.93. The van der Waals surface area contributed by atoms with Crippen LogP contribution in [-0.2, 0) is 16.4 Å². The summed E-state index contributed by atoms with van der Waals surface area (Å²) in [7, 11) is -3.73. The van der Waals surface area contributed by atoms with Crippen LogP contribution in [0, 0.1) is 0 Å². The number of thiophene rings is 1. The molecule has 0 saturated carbocycles. The summed E-state index contributed by atoms with van der Waals surface area (Å²) in [6, 6.07) is 6.84. The quantitative estimate of drug-likeness (QED) is 0.859. The molecule has 1 aromatic heterocycles. The first-order valence-corrected chi connectivity index (χ1v) is 9.36. The van der Waals surface area contributed by atoms with Crippen molar-refractivity contribution in [3.8, 4) is 0 Å². The molecule has 2 heterocycles. The number of anilines is 2. The van der Waals surface area contributed by atoms with E-state index in [1.165, 1.54) is 11.6 Å². The van der Waals surface area contributed by atoms with Gasteiger partial charge in [-0.2, -0.15) is 0 Å². The minimum atomic E-state index is -3.73. The van der Waals surface area contributed by atoms with Gasteiger partial charge in [0.25, 0.3) is 10.0 Å². The number of fused-ring (bicyclic) bond motifs is 1. The lowest BCUT2D eigenvalue weighted by molar-refractivity contribution is 0.601. The maximum Gasteiger partial charge on any atom is 0.264 e. The van der Waals surface area contributed by atoms with Crippen molar-refractivity contribution in [1.82, 2.24) is 0 Å². The normalized spacial score (nSPS) is 14.4. The molecule has 8 heteroatoms. The minimum Gasteiger partial charge on any atom is -0.385 e. The fourth-order valence-corrected chi connectivity index (χ4v) is 5.44. The molecule has 0 bridgehead atoms. The predicted molar refractivity (Wildman–Crippen MR) is 88.4 cm³/mol. The van der Waals surface area contributed by atoms with Gasteiger partial charge in [0, 0.05) is 12.2 Å². The molecule has 1 aliphatic rings. The molecule has 2 aromatic rings. The zero-order chi connectivity index (χ0) is 15.0. The number of sulfonamides is 1. The SMILES string of the molecule is O=S(=O)(Nc1ccc2c(c1)NCCC2)c1cc(Cl)sc1Cl. The van der Waals surface area contributed by atoms with Gasteiger partial charge in [0.1, 0.15) is 9.23 Å². The van der Waals surface area contributed by atoms with Gasteiger partial charge in [-0.05, 0) is 36.6 Å². The lowest BCUT2D eigenvalue weighted by atomic mass is 10.0. The van der Waals surface area contributed by atoms with Gasteiger partial charge in [0.15, 0.2) is 0 Å². The molecule has 0 saturated heterocycles. The zero-order valence-corrected chi connectivity index (χ0v) is 14.0. The van der Waals surface area contributed by atoms with Crippen LogP contribution in [-0.4, -0.2) is 15.0 Å². The Hall–Kier alpha value is -0.950. The Bertz CT molecular complexity index is 787. The second-order valence-corrected chi connectivity index (χ2v) is 8.63. The van der Waals surface area contributed by atoms with E-state index >= 15 is 0 Å². The van der Waals surface area contributed by atoms with Crippen molar-refractivity contribution in [2.45, 2.75) is 17.7 Å². The van der Waals surface area contributed by atoms with Crippen molar-refractivity contribution in [2.24, 2.45) is 0 Å². The Morgan fingerprint density at radius 2 is 2.05 bits per heavy atom. The second-order valence-electron chi connectivity index (χ2n) is 4.70. The Morgan fingerprint density at radius 1 is 1.24 bits per heavy atom. The average Bonchev–Trinajstić information content (AvgIpc) is 2.78. The number of nitrogens with one attached hydrogen (secondary N) is 2. The van der Waals surface area contributed by atoms with Crippen molar-refractivity contribution in [1.29, 1.82) is 0 Å². The summed E-state index contributed by atoms with van der Waals surface area (Å²) in [5, 5.41) is 3.26. The molecule has 0 atom stereocenters. The fraction of sp³-hybridized carbons (Fsp3) is 0.231. The van der Waals surface area contributed by atoms with Gasteiger partial charge in [0.05, 0.1) is 10.0 Å². The summed E-state index contributed by atoms with van der Waals surface area (Å²) in [4.78, 5) is 0.00449. The standard InChI is InChI=1S/C13H12Cl2N2O2S2/c14-12-7-11(13(15)20-12)21(18,19)17-9-4-3-8-2-1-5-16-10(8)6-9/h3-4,6-7,16-17H,1-2,5H2. The van der Waals surface area contributed by atoms with E-state index in [0.29, 0.717) is 10.0 Å². The van der Waals surface area contributed by atoms with E-state index in [1.807, 2.05) is 6.07 Å². The molecule has 0 fully saturated rings. The van der Waals surface area contributed by atoms with Crippen molar-refractivity contribution in [3.63, 3.8) is 0 Å².